The highest BCUT2D eigenvalue weighted by atomic mass is 32.2. The number of ether oxygens (including phenoxy) is 1. The van der Waals surface area contributed by atoms with Gasteiger partial charge in [-0.2, -0.15) is 9.29 Å². The minimum Gasteiger partial charge on any atom is -0.381 e. The summed E-state index contributed by atoms with van der Waals surface area (Å²) in [6, 6.07) is 17.4. The van der Waals surface area contributed by atoms with Gasteiger partial charge in [-0.05, 0) is 98.0 Å². The predicted octanol–water partition coefficient (Wildman–Crippen LogP) is 4.92. The van der Waals surface area contributed by atoms with E-state index in [9.17, 15) is 13.2 Å². The van der Waals surface area contributed by atoms with E-state index in [2.05, 4.69) is 73.2 Å². The Morgan fingerprint density at radius 2 is 1.70 bits per heavy atom. The van der Waals surface area contributed by atoms with Gasteiger partial charge in [-0.3, -0.25) is 9.56 Å². The SMILES string of the molecule is CC(C)(C)c1cc2cn(-c3ccc(CNCCCN=C(N)N)cc3)c(=O)nc2[nH]1.CC(C)(C)c1ccc(S(=O)(=O)N(CC2CCOCC2)C2CCCNC2)cc1. The van der Waals surface area contributed by atoms with Gasteiger partial charge >= 0.3 is 5.69 Å². The van der Waals surface area contributed by atoms with Crippen molar-refractivity contribution in [3.63, 3.8) is 0 Å². The number of sulfonamides is 1. The van der Waals surface area contributed by atoms with Gasteiger partial charge in [0, 0.05) is 68.1 Å². The molecule has 2 aliphatic rings. The third-order valence-electron chi connectivity index (χ3n) is 10.4. The lowest BCUT2D eigenvalue weighted by Gasteiger charge is -2.37. The molecule has 1 unspecified atom stereocenters. The summed E-state index contributed by atoms with van der Waals surface area (Å²) in [5, 5.41) is 7.64. The Hall–Kier alpha value is -4.08. The minimum atomic E-state index is -3.51. The van der Waals surface area contributed by atoms with Crippen molar-refractivity contribution in [3.05, 3.63) is 88.1 Å². The number of hydrogen-bond acceptors (Lipinski definition) is 8. The molecule has 7 N–H and O–H groups in total. The molecular formula is C42H63N9O4S. The summed E-state index contributed by atoms with van der Waals surface area (Å²) < 4.78 is 35.9. The van der Waals surface area contributed by atoms with Crippen molar-refractivity contribution in [1.29, 1.82) is 0 Å². The first-order valence-corrected chi connectivity index (χ1v) is 21.4. The minimum absolute atomic E-state index is 0.0113. The Balaban J connectivity index is 0.000000215. The van der Waals surface area contributed by atoms with Gasteiger partial charge in [-0.25, -0.2) is 13.2 Å². The first kappa shape index (κ1) is 43.1. The first-order valence-electron chi connectivity index (χ1n) is 19.9. The van der Waals surface area contributed by atoms with Crippen LogP contribution in [0.5, 0.6) is 0 Å². The Morgan fingerprint density at radius 3 is 2.30 bits per heavy atom. The summed E-state index contributed by atoms with van der Waals surface area (Å²) in [7, 11) is -3.51. The van der Waals surface area contributed by atoms with Gasteiger partial charge in [0.15, 0.2) is 5.96 Å². The Kier molecular flexibility index (Phi) is 14.5. The van der Waals surface area contributed by atoms with Crippen molar-refractivity contribution >= 4 is 27.0 Å². The largest absolute Gasteiger partial charge is 0.381 e. The molecule has 2 fully saturated rings. The molecule has 0 bridgehead atoms. The molecule has 0 radical (unpaired) electrons. The van der Waals surface area contributed by atoms with Gasteiger partial charge in [0.1, 0.15) is 5.65 Å². The topological polar surface area (TPSA) is 186 Å². The van der Waals surface area contributed by atoms with Crippen LogP contribution in [-0.2, 0) is 32.1 Å². The molecule has 0 aliphatic carbocycles. The van der Waals surface area contributed by atoms with Crippen LogP contribution in [-0.4, -0.2) is 85.2 Å². The van der Waals surface area contributed by atoms with Crippen LogP contribution in [0.15, 0.2) is 75.5 Å². The molecule has 306 valence electrons. The summed E-state index contributed by atoms with van der Waals surface area (Å²) >= 11 is 0. The number of rotatable bonds is 12. The molecule has 4 heterocycles. The van der Waals surface area contributed by atoms with Gasteiger partial charge < -0.3 is 31.8 Å². The maximum Gasteiger partial charge on any atom is 0.354 e. The normalized spacial score (nSPS) is 17.1. The summed E-state index contributed by atoms with van der Waals surface area (Å²) in [4.78, 5) is 24.3. The first-order chi connectivity index (χ1) is 26.5. The predicted molar refractivity (Wildman–Crippen MR) is 226 cm³/mol. The summed E-state index contributed by atoms with van der Waals surface area (Å²) in [5.74, 6) is 0.502. The zero-order chi connectivity index (χ0) is 40.5. The number of nitrogens with two attached hydrogens (primary N) is 2. The van der Waals surface area contributed by atoms with Crippen molar-refractivity contribution in [2.45, 2.75) is 102 Å². The summed E-state index contributed by atoms with van der Waals surface area (Å²) in [5.41, 5.74) is 15.0. The van der Waals surface area contributed by atoms with E-state index in [4.69, 9.17) is 16.2 Å². The molecule has 56 heavy (non-hydrogen) atoms. The van der Waals surface area contributed by atoms with E-state index < -0.39 is 10.0 Å². The van der Waals surface area contributed by atoms with Gasteiger partial charge in [0.05, 0.1) is 10.6 Å². The molecule has 0 saturated carbocycles. The second kappa shape index (κ2) is 18.9. The number of aliphatic imine (C=N–C) groups is 1. The van der Waals surface area contributed by atoms with E-state index in [1.165, 1.54) is 0 Å². The lowest BCUT2D eigenvalue weighted by molar-refractivity contribution is 0.0566. The second-order valence-electron chi connectivity index (χ2n) is 17.0. The Bertz CT molecular complexity index is 2050. The third kappa shape index (κ3) is 11.7. The molecule has 2 aromatic heterocycles. The molecule has 2 aliphatic heterocycles. The van der Waals surface area contributed by atoms with Crippen LogP contribution in [0.25, 0.3) is 16.7 Å². The van der Waals surface area contributed by atoms with Crippen LogP contribution >= 0.6 is 0 Å². The molecule has 4 aromatic rings. The van der Waals surface area contributed by atoms with E-state index >= 15 is 0 Å². The van der Waals surface area contributed by atoms with Gasteiger partial charge in [0.25, 0.3) is 0 Å². The van der Waals surface area contributed by atoms with Crippen molar-refractivity contribution < 1.29 is 13.2 Å². The van der Waals surface area contributed by atoms with Crippen LogP contribution in [0.3, 0.4) is 0 Å². The highest BCUT2D eigenvalue weighted by Crippen LogP contribution is 2.29. The third-order valence-corrected chi connectivity index (χ3v) is 12.4. The van der Waals surface area contributed by atoms with Crippen LogP contribution in [0, 0.1) is 5.92 Å². The van der Waals surface area contributed by atoms with Crippen LogP contribution in [0.2, 0.25) is 0 Å². The molecule has 0 amide bonds. The number of aromatic amines is 1. The number of piperidine rings is 1. The average molecular weight is 790 g/mol. The van der Waals surface area contributed by atoms with Crippen molar-refractivity contribution in [3.8, 4) is 5.69 Å². The molecule has 2 saturated heterocycles. The molecular weight excluding hydrogens is 727 g/mol. The number of nitrogens with one attached hydrogen (secondary N) is 3. The van der Waals surface area contributed by atoms with Gasteiger partial charge in [-0.1, -0.05) is 65.8 Å². The van der Waals surface area contributed by atoms with Crippen molar-refractivity contribution in [2.24, 2.45) is 22.4 Å². The number of aromatic nitrogens is 3. The standard InChI is InChI=1S/C21H29N7O.C21H34N2O3S/c1-21(2,3)17-11-15-13-28(20(29)27-18(15)26-17)16-7-5-14(6-8-16)12-24-9-4-10-25-19(22)23;1-21(2,3)18-6-8-20(9-7-18)27(24,25)23(19-5-4-12-22-15-19)16-17-10-13-26-14-11-17/h5-8,11,13,24H,4,9-10,12H2,1-3H3,(H4,22,23,25)(H,26,27,29);6-9,17,19,22H,4-5,10-16H2,1-3H3. The zero-order valence-corrected chi connectivity index (χ0v) is 34.9. The number of hydrogen-bond donors (Lipinski definition) is 5. The highest BCUT2D eigenvalue weighted by molar-refractivity contribution is 7.89. The highest BCUT2D eigenvalue weighted by Gasteiger charge is 2.35. The molecule has 0 spiro atoms. The number of benzene rings is 2. The van der Waals surface area contributed by atoms with Gasteiger partial charge in [-0.15, -0.1) is 0 Å². The van der Waals surface area contributed by atoms with Crippen LogP contribution in [0.4, 0.5) is 0 Å². The Morgan fingerprint density at radius 1 is 1.00 bits per heavy atom. The number of H-pyrrole nitrogens is 1. The van der Waals surface area contributed by atoms with Gasteiger partial charge in [0.2, 0.25) is 10.0 Å². The van der Waals surface area contributed by atoms with Crippen LogP contribution in [0.1, 0.15) is 90.5 Å². The van der Waals surface area contributed by atoms with E-state index in [0.717, 1.165) is 99.4 Å². The van der Waals surface area contributed by atoms with Crippen LogP contribution < -0.4 is 27.8 Å². The van der Waals surface area contributed by atoms with Crippen molar-refractivity contribution in [2.75, 3.05) is 45.9 Å². The maximum absolute atomic E-state index is 13.5. The molecule has 1 atom stereocenters. The zero-order valence-electron chi connectivity index (χ0n) is 34.1. The average Bonchev–Trinajstić information content (AvgIpc) is 3.60. The Labute approximate surface area is 332 Å². The number of guanidine groups is 1. The van der Waals surface area contributed by atoms with E-state index in [1.54, 1.807) is 21.0 Å². The quantitative estimate of drug-likeness (QED) is 0.0755. The fourth-order valence-electron chi connectivity index (χ4n) is 6.97. The molecule has 14 heteroatoms. The maximum atomic E-state index is 13.5. The monoisotopic (exact) mass is 789 g/mol. The lowest BCUT2D eigenvalue weighted by Crippen LogP contribution is -2.50. The fraction of sp³-hybridized carbons (Fsp3) is 0.548. The van der Waals surface area contributed by atoms with E-state index in [1.807, 2.05) is 42.6 Å². The smallest absolute Gasteiger partial charge is 0.354 e. The number of nitrogens with zero attached hydrogens (tertiary/aromatic N) is 4. The molecule has 13 nitrogen and oxygen atoms in total. The summed E-state index contributed by atoms with van der Waals surface area (Å²) in [6.07, 6.45) is 6.53. The van der Waals surface area contributed by atoms with E-state index in [-0.39, 0.29) is 28.5 Å². The lowest BCUT2D eigenvalue weighted by atomic mass is 9.87. The molecule has 2 aromatic carbocycles. The van der Waals surface area contributed by atoms with Crippen molar-refractivity contribution in [1.82, 2.24) is 29.5 Å². The molecule has 6 rings (SSSR count). The number of fused-ring (bicyclic) bond motifs is 1. The summed E-state index contributed by atoms with van der Waals surface area (Å²) in [6.45, 7) is 18.7. The van der Waals surface area contributed by atoms with E-state index in [0.29, 0.717) is 29.6 Å². The fourth-order valence-corrected chi connectivity index (χ4v) is 8.70. The second-order valence-corrected chi connectivity index (χ2v) is 18.9.